The fourth-order valence-corrected chi connectivity index (χ4v) is 2.04. The van der Waals surface area contributed by atoms with Crippen LogP contribution in [0, 0.1) is 0 Å². The zero-order valence-electron chi connectivity index (χ0n) is 13.3. The monoisotopic (exact) mass is 322 g/mol. The molecule has 0 spiro atoms. The summed E-state index contributed by atoms with van der Waals surface area (Å²) in [5.74, 6) is -0.804. The molecular weight excluding hydrogens is 296 g/mol. The fraction of sp³-hybridized carbons (Fsp3) is 0.500. The Hall–Kier alpha value is -1.96. The smallest absolute Gasteiger partial charge is 0.323 e. The van der Waals surface area contributed by atoms with Crippen molar-refractivity contribution >= 4 is 11.9 Å². The van der Waals surface area contributed by atoms with Crippen LogP contribution in [0.15, 0.2) is 30.3 Å². The number of rotatable bonds is 10. The first-order valence-corrected chi connectivity index (χ1v) is 7.72. The van der Waals surface area contributed by atoms with Gasteiger partial charge in [-0.2, -0.15) is 0 Å². The molecule has 0 saturated carbocycles. The van der Waals surface area contributed by atoms with Gasteiger partial charge in [0.15, 0.2) is 0 Å². The first kappa shape index (κ1) is 19.1. The quantitative estimate of drug-likeness (QED) is 0.503. The molecule has 0 radical (unpaired) electrons. The lowest BCUT2D eigenvalue weighted by molar-refractivity contribution is -0.149. The molecule has 7 heteroatoms. The van der Waals surface area contributed by atoms with Crippen LogP contribution >= 0.6 is 0 Å². The van der Waals surface area contributed by atoms with Crippen molar-refractivity contribution in [3.05, 3.63) is 35.9 Å². The van der Waals surface area contributed by atoms with Crippen LogP contribution in [-0.4, -0.2) is 49.0 Å². The van der Waals surface area contributed by atoms with Gasteiger partial charge in [-0.05, 0) is 18.5 Å². The van der Waals surface area contributed by atoms with Crippen molar-refractivity contribution < 1.29 is 14.3 Å². The molecule has 0 unspecified atom stereocenters. The molecule has 7 nitrogen and oxygen atoms in total. The molecule has 6 N–H and O–H groups in total. The van der Waals surface area contributed by atoms with Gasteiger partial charge in [-0.25, -0.2) is 0 Å². The van der Waals surface area contributed by atoms with Crippen molar-refractivity contribution in [2.75, 3.05) is 26.2 Å². The maximum absolute atomic E-state index is 12.2. The first-order valence-electron chi connectivity index (χ1n) is 7.72. The second-order valence-corrected chi connectivity index (χ2v) is 5.22. The highest BCUT2D eigenvalue weighted by Gasteiger charge is 2.22. The van der Waals surface area contributed by atoms with Gasteiger partial charge in [0.1, 0.15) is 12.6 Å². The molecule has 1 atom stereocenters. The minimum Gasteiger partial charge on any atom is -0.460 e. The predicted molar refractivity (Wildman–Crippen MR) is 88.1 cm³/mol. The standard InChI is InChI=1S/C16H26N4O3/c17-7-4-9-20(10-8-18)15(21)11-14(19)16(22)23-12-13-5-2-1-3-6-13/h1-3,5-6,14H,4,7-12,17-19H2/t14-/m0/s1. The number of esters is 1. The van der Waals surface area contributed by atoms with Gasteiger partial charge in [0, 0.05) is 19.6 Å². The summed E-state index contributed by atoms with van der Waals surface area (Å²) in [6.45, 7) is 1.91. The van der Waals surface area contributed by atoms with Gasteiger partial charge >= 0.3 is 5.97 Å². The normalized spacial score (nSPS) is 11.8. The highest BCUT2D eigenvalue weighted by molar-refractivity contribution is 5.85. The third kappa shape index (κ3) is 7.23. The van der Waals surface area contributed by atoms with E-state index in [-0.39, 0.29) is 18.9 Å². The fourth-order valence-electron chi connectivity index (χ4n) is 2.04. The number of hydrogen-bond acceptors (Lipinski definition) is 6. The number of carbonyl (C=O) groups is 2. The third-order valence-corrected chi connectivity index (χ3v) is 3.31. The Morgan fingerprint density at radius 1 is 1.09 bits per heavy atom. The first-order chi connectivity index (χ1) is 11.1. The highest BCUT2D eigenvalue weighted by Crippen LogP contribution is 2.04. The molecule has 0 aliphatic heterocycles. The van der Waals surface area contributed by atoms with E-state index in [1.54, 1.807) is 4.90 Å². The molecule has 128 valence electrons. The van der Waals surface area contributed by atoms with E-state index in [0.717, 1.165) is 5.56 Å². The molecule has 1 amide bonds. The molecule has 0 saturated heterocycles. The van der Waals surface area contributed by atoms with Crippen molar-refractivity contribution in [2.24, 2.45) is 17.2 Å². The number of hydrogen-bond donors (Lipinski definition) is 3. The molecule has 0 aromatic heterocycles. The highest BCUT2D eigenvalue weighted by atomic mass is 16.5. The van der Waals surface area contributed by atoms with Crippen molar-refractivity contribution in [2.45, 2.75) is 25.5 Å². The summed E-state index contributed by atoms with van der Waals surface area (Å²) in [6.07, 6.45) is 0.581. The van der Waals surface area contributed by atoms with Crippen LogP contribution in [0.4, 0.5) is 0 Å². The summed E-state index contributed by atoms with van der Waals surface area (Å²) in [5.41, 5.74) is 17.6. The minimum atomic E-state index is -0.982. The number of carbonyl (C=O) groups excluding carboxylic acids is 2. The SMILES string of the molecule is NCCCN(CCN)C(=O)C[C@H](N)C(=O)OCc1ccccc1. The van der Waals surface area contributed by atoms with Crippen LogP contribution in [0.1, 0.15) is 18.4 Å². The van der Waals surface area contributed by atoms with Gasteiger partial charge in [-0.15, -0.1) is 0 Å². The predicted octanol–water partition coefficient (Wildman–Crippen LogP) is -0.417. The third-order valence-electron chi connectivity index (χ3n) is 3.31. The van der Waals surface area contributed by atoms with Crippen molar-refractivity contribution in [3.8, 4) is 0 Å². The van der Waals surface area contributed by atoms with E-state index in [1.165, 1.54) is 0 Å². The van der Waals surface area contributed by atoms with Crippen LogP contribution in [0.3, 0.4) is 0 Å². The van der Waals surface area contributed by atoms with E-state index in [0.29, 0.717) is 32.6 Å². The average Bonchev–Trinajstić information content (AvgIpc) is 2.57. The molecule has 0 aliphatic carbocycles. The molecule has 1 aromatic carbocycles. The number of ether oxygens (including phenoxy) is 1. The zero-order chi connectivity index (χ0) is 17.1. The van der Waals surface area contributed by atoms with Gasteiger partial charge in [0.05, 0.1) is 6.42 Å². The van der Waals surface area contributed by atoms with Gasteiger partial charge in [0.25, 0.3) is 0 Å². The van der Waals surface area contributed by atoms with E-state index < -0.39 is 12.0 Å². The Morgan fingerprint density at radius 2 is 1.78 bits per heavy atom. The van der Waals surface area contributed by atoms with E-state index >= 15 is 0 Å². The molecule has 0 heterocycles. The molecule has 0 fully saturated rings. The van der Waals surface area contributed by atoms with Crippen molar-refractivity contribution in [1.29, 1.82) is 0 Å². The maximum Gasteiger partial charge on any atom is 0.323 e. The Labute approximate surface area is 136 Å². The number of nitrogens with two attached hydrogens (primary N) is 3. The number of benzene rings is 1. The summed E-state index contributed by atoms with van der Waals surface area (Å²) in [5, 5.41) is 0. The molecule has 1 rings (SSSR count). The summed E-state index contributed by atoms with van der Waals surface area (Å²) in [7, 11) is 0. The topological polar surface area (TPSA) is 125 Å². The average molecular weight is 322 g/mol. The van der Waals surface area contributed by atoms with E-state index in [2.05, 4.69) is 0 Å². The molecule has 0 bridgehead atoms. The number of amides is 1. The molecular formula is C16H26N4O3. The lowest BCUT2D eigenvalue weighted by Crippen LogP contribution is -2.42. The van der Waals surface area contributed by atoms with Gasteiger partial charge in [-0.3, -0.25) is 9.59 Å². The minimum absolute atomic E-state index is 0.0990. The van der Waals surface area contributed by atoms with Gasteiger partial charge in [-0.1, -0.05) is 30.3 Å². The largest absolute Gasteiger partial charge is 0.460 e. The van der Waals surface area contributed by atoms with E-state index in [4.69, 9.17) is 21.9 Å². The zero-order valence-corrected chi connectivity index (χ0v) is 13.3. The summed E-state index contributed by atoms with van der Waals surface area (Å²) < 4.78 is 5.13. The molecule has 0 aliphatic rings. The summed E-state index contributed by atoms with van der Waals surface area (Å²) in [4.78, 5) is 25.6. The Kier molecular flexibility index (Phi) is 8.89. The Balaban J connectivity index is 2.44. The maximum atomic E-state index is 12.2. The van der Waals surface area contributed by atoms with E-state index in [9.17, 15) is 9.59 Å². The number of nitrogens with zero attached hydrogens (tertiary/aromatic N) is 1. The Morgan fingerprint density at radius 3 is 2.39 bits per heavy atom. The Bertz CT molecular complexity index is 481. The lowest BCUT2D eigenvalue weighted by Gasteiger charge is -2.23. The van der Waals surface area contributed by atoms with Gasteiger partial charge < -0.3 is 26.8 Å². The second kappa shape index (κ2) is 10.7. The summed E-state index contributed by atoms with van der Waals surface area (Å²) in [6, 6.07) is 8.30. The van der Waals surface area contributed by atoms with Crippen molar-refractivity contribution in [1.82, 2.24) is 4.90 Å². The second-order valence-electron chi connectivity index (χ2n) is 5.22. The molecule has 23 heavy (non-hydrogen) atoms. The van der Waals surface area contributed by atoms with Crippen LogP contribution in [-0.2, 0) is 20.9 Å². The van der Waals surface area contributed by atoms with E-state index in [1.807, 2.05) is 30.3 Å². The molecule has 1 aromatic rings. The van der Waals surface area contributed by atoms with Crippen LogP contribution in [0.5, 0.6) is 0 Å². The van der Waals surface area contributed by atoms with Gasteiger partial charge in [0.2, 0.25) is 5.91 Å². The van der Waals surface area contributed by atoms with Crippen LogP contribution < -0.4 is 17.2 Å². The summed E-state index contributed by atoms with van der Waals surface area (Å²) >= 11 is 0. The van der Waals surface area contributed by atoms with Crippen molar-refractivity contribution in [3.63, 3.8) is 0 Å². The van der Waals surface area contributed by atoms with Crippen LogP contribution in [0.2, 0.25) is 0 Å². The lowest BCUT2D eigenvalue weighted by atomic mass is 10.2. The van der Waals surface area contributed by atoms with Crippen LogP contribution in [0.25, 0.3) is 0 Å².